The number of piperidine rings is 1. The molecule has 24 heavy (non-hydrogen) atoms. The van der Waals surface area contributed by atoms with Crippen molar-refractivity contribution in [1.82, 2.24) is 24.9 Å². The first-order valence-electron chi connectivity index (χ1n) is 9.39. The van der Waals surface area contributed by atoms with E-state index >= 15 is 0 Å². The summed E-state index contributed by atoms with van der Waals surface area (Å²) >= 11 is 0. The van der Waals surface area contributed by atoms with Gasteiger partial charge in [0.05, 0.1) is 0 Å². The summed E-state index contributed by atoms with van der Waals surface area (Å²) in [7, 11) is 0. The molecule has 1 saturated carbocycles. The minimum Gasteiger partial charge on any atom is -0.324 e. The number of fused-ring (bicyclic) bond motifs is 1. The minimum absolute atomic E-state index is 0.411. The van der Waals surface area contributed by atoms with Crippen molar-refractivity contribution in [1.29, 1.82) is 0 Å². The van der Waals surface area contributed by atoms with Crippen LogP contribution in [0.3, 0.4) is 0 Å². The highest BCUT2D eigenvalue weighted by Gasteiger charge is 2.32. The zero-order chi connectivity index (χ0) is 15.9. The summed E-state index contributed by atoms with van der Waals surface area (Å²) in [6, 6.07) is 0.692. The molecule has 0 bridgehead atoms. The van der Waals surface area contributed by atoms with Gasteiger partial charge in [-0.15, -0.1) is 10.2 Å². The maximum atomic E-state index is 5.53. The lowest BCUT2D eigenvalue weighted by Gasteiger charge is -2.30. The number of hydrogen-bond acceptors (Lipinski definition) is 6. The molecule has 2 aliphatic heterocycles. The average molecular weight is 328 g/mol. The van der Waals surface area contributed by atoms with Gasteiger partial charge in [-0.05, 0) is 38.5 Å². The standard InChI is InChI=1S/C17H24N6O/c1-2-6-14-19-20-16(23(14)10-3-1)13-5-4-9-22(11-13)17-18-15(21-24-17)12-7-8-12/h12-13H,1-11H2/t13-/m1/s1. The molecule has 0 unspecified atom stereocenters. The second kappa shape index (κ2) is 5.86. The third-order valence-corrected chi connectivity index (χ3v) is 5.57. The highest BCUT2D eigenvalue weighted by atomic mass is 16.5. The van der Waals surface area contributed by atoms with E-state index in [1.54, 1.807) is 0 Å². The van der Waals surface area contributed by atoms with Gasteiger partial charge in [0.1, 0.15) is 11.6 Å². The van der Waals surface area contributed by atoms with Gasteiger partial charge in [0.2, 0.25) is 0 Å². The van der Waals surface area contributed by atoms with E-state index in [2.05, 4.69) is 29.8 Å². The smallest absolute Gasteiger partial charge is 0.324 e. The zero-order valence-corrected chi connectivity index (χ0v) is 14.0. The first kappa shape index (κ1) is 14.4. The Hall–Kier alpha value is -1.92. The molecule has 1 saturated heterocycles. The van der Waals surface area contributed by atoms with Crippen LogP contribution in [0.5, 0.6) is 0 Å². The van der Waals surface area contributed by atoms with Crippen LogP contribution < -0.4 is 4.90 Å². The van der Waals surface area contributed by atoms with Crippen molar-refractivity contribution in [3.63, 3.8) is 0 Å². The fourth-order valence-electron chi connectivity index (χ4n) is 4.03. The second-order valence-corrected chi connectivity index (χ2v) is 7.43. The van der Waals surface area contributed by atoms with Crippen LogP contribution in [0, 0.1) is 0 Å². The normalized spacial score (nSPS) is 24.7. The number of nitrogens with zero attached hydrogens (tertiary/aromatic N) is 6. The van der Waals surface area contributed by atoms with Gasteiger partial charge in [-0.25, -0.2) is 0 Å². The molecule has 2 aromatic rings. The van der Waals surface area contributed by atoms with Crippen LogP contribution in [0.4, 0.5) is 6.01 Å². The Bertz CT molecular complexity index is 718. The van der Waals surface area contributed by atoms with Crippen molar-refractivity contribution in [3.8, 4) is 0 Å². The number of aryl methyl sites for hydroxylation is 1. The third-order valence-electron chi connectivity index (χ3n) is 5.57. The molecule has 2 fully saturated rings. The van der Waals surface area contributed by atoms with E-state index in [1.165, 1.54) is 43.8 Å². The second-order valence-electron chi connectivity index (χ2n) is 7.43. The Labute approximate surface area is 141 Å². The number of rotatable bonds is 3. The van der Waals surface area contributed by atoms with E-state index in [0.717, 1.165) is 44.7 Å². The van der Waals surface area contributed by atoms with Crippen molar-refractivity contribution < 1.29 is 4.52 Å². The molecule has 1 atom stereocenters. The molecule has 2 aromatic heterocycles. The van der Waals surface area contributed by atoms with Gasteiger partial charge in [-0.3, -0.25) is 0 Å². The summed E-state index contributed by atoms with van der Waals surface area (Å²) < 4.78 is 7.91. The predicted octanol–water partition coefficient (Wildman–Crippen LogP) is 2.65. The van der Waals surface area contributed by atoms with E-state index in [1.807, 2.05) is 0 Å². The number of hydrogen-bond donors (Lipinski definition) is 0. The largest absolute Gasteiger partial charge is 0.324 e. The van der Waals surface area contributed by atoms with Gasteiger partial charge in [0.25, 0.3) is 0 Å². The van der Waals surface area contributed by atoms with Crippen LogP contribution in [0.1, 0.15) is 74.3 Å². The topological polar surface area (TPSA) is 72.9 Å². The molecular weight excluding hydrogens is 304 g/mol. The molecule has 128 valence electrons. The van der Waals surface area contributed by atoms with Crippen LogP contribution in [-0.4, -0.2) is 38.0 Å². The monoisotopic (exact) mass is 328 g/mol. The van der Waals surface area contributed by atoms with Gasteiger partial charge < -0.3 is 14.0 Å². The fraction of sp³-hybridized carbons (Fsp3) is 0.765. The molecular formula is C17H24N6O. The Morgan fingerprint density at radius 3 is 2.79 bits per heavy atom. The molecule has 4 heterocycles. The van der Waals surface area contributed by atoms with Crippen LogP contribution in [0.25, 0.3) is 0 Å². The van der Waals surface area contributed by atoms with E-state index in [4.69, 9.17) is 4.52 Å². The van der Waals surface area contributed by atoms with Crippen molar-refractivity contribution in [2.75, 3.05) is 18.0 Å². The van der Waals surface area contributed by atoms with E-state index in [-0.39, 0.29) is 0 Å². The lowest BCUT2D eigenvalue weighted by atomic mass is 9.97. The number of anilines is 1. The van der Waals surface area contributed by atoms with Crippen LogP contribution in [0.2, 0.25) is 0 Å². The van der Waals surface area contributed by atoms with Gasteiger partial charge in [0, 0.05) is 37.9 Å². The summed E-state index contributed by atoms with van der Waals surface area (Å²) in [5, 5.41) is 13.2. The minimum atomic E-state index is 0.411. The van der Waals surface area contributed by atoms with Gasteiger partial charge >= 0.3 is 6.01 Å². The molecule has 0 radical (unpaired) electrons. The SMILES string of the molecule is C1CCc2nnc([C@@H]3CCCN(c4nc(C5CC5)no4)C3)n2CC1. The summed E-state index contributed by atoms with van der Waals surface area (Å²) in [6.07, 6.45) is 9.54. The number of aromatic nitrogens is 5. The Balaban J connectivity index is 1.36. The van der Waals surface area contributed by atoms with Crippen LogP contribution >= 0.6 is 0 Å². The van der Waals surface area contributed by atoms with Crippen molar-refractivity contribution in [2.45, 2.75) is 69.7 Å². The Kier molecular flexibility index (Phi) is 3.52. The Morgan fingerprint density at radius 2 is 1.88 bits per heavy atom. The highest BCUT2D eigenvalue weighted by molar-refractivity contribution is 5.29. The zero-order valence-electron chi connectivity index (χ0n) is 14.0. The fourth-order valence-corrected chi connectivity index (χ4v) is 4.03. The summed E-state index contributed by atoms with van der Waals surface area (Å²) in [5.74, 6) is 4.18. The molecule has 0 aromatic carbocycles. The van der Waals surface area contributed by atoms with Crippen molar-refractivity contribution in [2.24, 2.45) is 0 Å². The summed E-state index contributed by atoms with van der Waals surface area (Å²) in [6.45, 7) is 2.97. The van der Waals surface area contributed by atoms with E-state index < -0.39 is 0 Å². The maximum Gasteiger partial charge on any atom is 0.324 e. The Morgan fingerprint density at radius 1 is 0.917 bits per heavy atom. The summed E-state index contributed by atoms with van der Waals surface area (Å²) in [5.41, 5.74) is 0. The van der Waals surface area contributed by atoms with Crippen molar-refractivity contribution in [3.05, 3.63) is 17.5 Å². The van der Waals surface area contributed by atoms with Crippen LogP contribution in [0.15, 0.2) is 4.52 Å². The molecule has 3 aliphatic rings. The maximum absolute atomic E-state index is 5.53. The first-order chi connectivity index (χ1) is 11.9. The van der Waals surface area contributed by atoms with Gasteiger partial charge in [0.15, 0.2) is 5.82 Å². The molecule has 5 rings (SSSR count). The molecule has 7 nitrogen and oxygen atoms in total. The molecule has 0 N–H and O–H groups in total. The third kappa shape index (κ3) is 2.59. The predicted molar refractivity (Wildman–Crippen MR) is 88.0 cm³/mol. The van der Waals surface area contributed by atoms with E-state index in [9.17, 15) is 0 Å². The molecule has 0 spiro atoms. The first-order valence-corrected chi connectivity index (χ1v) is 9.39. The lowest BCUT2D eigenvalue weighted by Crippen LogP contribution is -2.35. The van der Waals surface area contributed by atoms with E-state index in [0.29, 0.717) is 17.9 Å². The summed E-state index contributed by atoms with van der Waals surface area (Å²) in [4.78, 5) is 6.86. The quantitative estimate of drug-likeness (QED) is 0.862. The average Bonchev–Trinajstić information content (AvgIpc) is 3.29. The van der Waals surface area contributed by atoms with Gasteiger partial charge in [-0.2, -0.15) is 4.98 Å². The lowest BCUT2D eigenvalue weighted by molar-refractivity contribution is 0.382. The molecule has 0 amide bonds. The highest BCUT2D eigenvalue weighted by Crippen LogP contribution is 2.39. The van der Waals surface area contributed by atoms with Gasteiger partial charge in [-0.1, -0.05) is 11.6 Å². The molecule has 7 heteroatoms. The van der Waals surface area contributed by atoms with Crippen LogP contribution in [-0.2, 0) is 13.0 Å². The van der Waals surface area contributed by atoms with Crippen molar-refractivity contribution >= 4 is 6.01 Å². The molecule has 1 aliphatic carbocycles.